The number of ether oxygens (including phenoxy) is 1. The molecule has 0 saturated carbocycles. The molecule has 2 fully saturated rings. The third-order valence-electron chi connectivity index (χ3n) is 7.73. The number of urea groups is 1. The van der Waals surface area contributed by atoms with Crippen LogP contribution in [0.2, 0.25) is 0 Å². The molecular formula is C31H53N3O5S. The van der Waals surface area contributed by atoms with Gasteiger partial charge in [-0.2, -0.15) is 11.8 Å². The van der Waals surface area contributed by atoms with Crippen molar-refractivity contribution in [3.05, 3.63) is 12.2 Å². The number of amides is 4. The van der Waals surface area contributed by atoms with E-state index in [1.165, 1.54) is 57.8 Å². The van der Waals surface area contributed by atoms with Gasteiger partial charge in [0, 0.05) is 23.8 Å². The lowest BCUT2D eigenvalue weighted by Gasteiger charge is -2.19. The molecule has 0 bridgehead atoms. The minimum Gasteiger partial charge on any atom is -0.428 e. The van der Waals surface area contributed by atoms with E-state index in [0.717, 1.165) is 49.8 Å². The SMILES string of the molecule is CCCCCCCC/C=C\CCCCCCCC(=O)NCOC(=O)N1C(=O)NC2C(CCCCC(C)=O)SCC21. The average Bonchev–Trinajstić information content (AvgIpc) is 3.46. The number of hydrogen-bond acceptors (Lipinski definition) is 6. The highest BCUT2D eigenvalue weighted by molar-refractivity contribution is 8.00. The molecular weight excluding hydrogens is 526 g/mol. The number of carbonyl (C=O) groups is 4. The van der Waals surface area contributed by atoms with E-state index in [0.29, 0.717) is 18.6 Å². The first-order chi connectivity index (χ1) is 19.4. The van der Waals surface area contributed by atoms with Crippen LogP contribution in [-0.4, -0.2) is 58.5 Å². The van der Waals surface area contributed by atoms with Crippen molar-refractivity contribution >= 4 is 35.6 Å². The molecule has 3 unspecified atom stereocenters. The maximum absolute atomic E-state index is 12.6. The zero-order valence-electron chi connectivity index (χ0n) is 24.9. The van der Waals surface area contributed by atoms with Crippen molar-refractivity contribution < 1.29 is 23.9 Å². The zero-order chi connectivity index (χ0) is 29.0. The van der Waals surface area contributed by atoms with E-state index in [1.807, 2.05) is 0 Å². The Labute approximate surface area is 246 Å². The maximum Gasteiger partial charge on any atom is 0.420 e. The Morgan fingerprint density at radius 3 is 2.23 bits per heavy atom. The highest BCUT2D eigenvalue weighted by atomic mass is 32.2. The van der Waals surface area contributed by atoms with Crippen LogP contribution in [0.1, 0.15) is 129 Å². The number of carbonyl (C=O) groups excluding carboxylic acids is 4. The van der Waals surface area contributed by atoms with Gasteiger partial charge in [0.05, 0.1) is 12.1 Å². The molecule has 0 radical (unpaired) electrons. The predicted octanol–water partition coefficient (Wildman–Crippen LogP) is 7.26. The number of imide groups is 1. The molecule has 40 heavy (non-hydrogen) atoms. The Hall–Kier alpha value is -2.03. The van der Waals surface area contributed by atoms with Gasteiger partial charge < -0.3 is 20.2 Å². The summed E-state index contributed by atoms with van der Waals surface area (Å²) in [4.78, 5) is 49.4. The Morgan fingerprint density at radius 2 is 1.55 bits per heavy atom. The average molecular weight is 580 g/mol. The fourth-order valence-electron chi connectivity index (χ4n) is 5.36. The summed E-state index contributed by atoms with van der Waals surface area (Å²) in [5.74, 6) is 0.716. The van der Waals surface area contributed by atoms with Crippen molar-refractivity contribution in [1.29, 1.82) is 0 Å². The van der Waals surface area contributed by atoms with Crippen LogP contribution in [-0.2, 0) is 14.3 Å². The summed E-state index contributed by atoms with van der Waals surface area (Å²) < 4.78 is 5.21. The van der Waals surface area contributed by atoms with Crippen molar-refractivity contribution in [3.63, 3.8) is 0 Å². The zero-order valence-corrected chi connectivity index (χ0v) is 25.7. The van der Waals surface area contributed by atoms with Crippen molar-refractivity contribution in [2.45, 2.75) is 147 Å². The second kappa shape index (κ2) is 20.8. The number of nitrogens with zero attached hydrogens (tertiary/aromatic N) is 1. The fraction of sp³-hybridized carbons (Fsp3) is 0.806. The van der Waals surface area contributed by atoms with Gasteiger partial charge in [0.1, 0.15) is 5.78 Å². The topological polar surface area (TPSA) is 105 Å². The summed E-state index contributed by atoms with van der Waals surface area (Å²) in [6, 6.07) is -0.777. The quantitative estimate of drug-likeness (QED) is 0.0605. The third kappa shape index (κ3) is 13.6. The van der Waals surface area contributed by atoms with Crippen LogP contribution in [0.4, 0.5) is 9.59 Å². The summed E-state index contributed by atoms with van der Waals surface area (Å²) in [5.41, 5.74) is 0. The van der Waals surface area contributed by atoms with Gasteiger partial charge in [-0.25, -0.2) is 14.5 Å². The predicted molar refractivity (Wildman–Crippen MR) is 162 cm³/mol. The monoisotopic (exact) mass is 579 g/mol. The number of hydrogen-bond donors (Lipinski definition) is 2. The van der Waals surface area contributed by atoms with E-state index in [4.69, 9.17) is 4.74 Å². The van der Waals surface area contributed by atoms with Crippen LogP contribution in [0, 0.1) is 0 Å². The molecule has 2 heterocycles. The Kier molecular flexibility index (Phi) is 17.8. The molecule has 2 aliphatic heterocycles. The Morgan fingerprint density at radius 1 is 0.925 bits per heavy atom. The molecule has 0 aromatic carbocycles. The maximum atomic E-state index is 12.6. The third-order valence-corrected chi connectivity index (χ3v) is 9.22. The summed E-state index contributed by atoms with van der Waals surface area (Å²) in [6.07, 6.45) is 23.3. The lowest BCUT2D eigenvalue weighted by molar-refractivity contribution is -0.122. The van der Waals surface area contributed by atoms with E-state index >= 15 is 0 Å². The van der Waals surface area contributed by atoms with Crippen LogP contribution < -0.4 is 10.6 Å². The standard InChI is InChI=1S/C31H53N3O5S/c1-3-4-5-6-7-8-9-10-11-12-13-14-15-16-17-22-28(36)32-24-39-31(38)34-26-23-40-27(29(26)33-30(34)37)21-19-18-20-25(2)35/h10-11,26-27,29H,3-9,12-24H2,1-2H3,(H,32,36)(H,33,37)/b11-10-. The lowest BCUT2D eigenvalue weighted by atomic mass is 10.0. The van der Waals surface area contributed by atoms with Gasteiger partial charge in [-0.3, -0.25) is 4.79 Å². The number of fused-ring (bicyclic) bond motifs is 1. The summed E-state index contributed by atoms with van der Waals surface area (Å²) in [5, 5.41) is 5.78. The molecule has 0 aliphatic carbocycles. The molecule has 0 aromatic heterocycles. The molecule has 0 spiro atoms. The molecule has 3 atom stereocenters. The minimum absolute atomic E-state index is 0.0990. The number of unbranched alkanes of at least 4 members (excludes halogenated alkanes) is 12. The van der Waals surface area contributed by atoms with Crippen LogP contribution in [0.3, 0.4) is 0 Å². The number of nitrogens with one attached hydrogen (secondary N) is 2. The van der Waals surface area contributed by atoms with Crippen LogP contribution in [0.15, 0.2) is 12.2 Å². The van der Waals surface area contributed by atoms with E-state index in [9.17, 15) is 19.2 Å². The van der Waals surface area contributed by atoms with Crippen LogP contribution >= 0.6 is 11.8 Å². The first-order valence-electron chi connectivity index (χ1n) is 15.7. The number of Topliss-reactive ketones (excluding diaryl/α,β-unsaturated/α-hetero) is 1. The van der Waals surface area contributed by atoms with Crippen molar-refractivity contribution in [3.8, 4) is 0 Å². The van der Waals surface area contributed by atoms with Crippen LogP contribution in [0.5, 0.6) is 0 Å². The molecule has 2 N–H and O–H groups in total. The molecule has 8 nitrogen and oxygen atoms in total. The van der Waals surface area contributed by atoms with Gasteiger partial charge in [0.15, 0.2) is 6.73 Å². The molecule has 4 amide bonds. The molecule has 2 saturated heterocycles. The highest BCUT2D eigenvalue weighted by Crippen LogP contribution is 2.37. The smallest absolute Gasteiger partial charge is 0.420 e. The minimum atomic E-state index is -0.718. The second-order valence-corrected chi connectivity index (χ2v) is 12.5. The van der Waals surface area contributed by atoms with E-state index in [1.54, 1.807) is 18.7 Å². The van der Waals surface area contributed by atoms with Crippen LogP contribution in [0.25, 0.3) is 0 Å². The summed E-state index contributed by atoms with van der Waals surface area (Å²) >= 11 is 1.75. The van der Waals surface area contributed by atoms with Gasteiger partial charge in [0.25, 0.3) is 0 Å². The second-order valence-electron chi connectivity index (χ2n) is 11.2. The van der Waals surface area contributed by atoms with Gasteiger partial charge in [-0.05, 0) is 51.9 Å². The Bertz CT molecular complexity index is 806. The largest absolute Gasteiger partial charge is 0.428 e. The first kappa shape index (κ1) is 34.2. The Balaban J connectivity index is 1.46. The molecule has 228 valence electrons. The summed E-state index contributed by atoms with van der Waals surface area (Å²) in [6.45, 7) is 3.62. The van der Waals surface area contributed by atoms with Gasteiger partial charge in [0.2, 0.25) is 5.91 Å². The van der Waals surface area contributed by atoms with Crippen molar-refractivity contribution in [1.82, 2.24) is 15.5 Å². The van der Waals surface area contributed by atoms with E-state index < -0.39 is 12.1 Å². The lowest BCUT2D eigenvalue weighted by Crippen LogP contribution is -2.43. The normalized spacial score (nSPS) is 20.1. The number of thioether (sulfide) groups is 1. The number of ketones is 1. The van der Waals surface area contributed by atoms with E-state index in [-0.39, 0.29) is 35.8 Å². The molecule has 9 heteroatoms. The van der Waals surface area contributed by atoms with Gasteiger partial charge in [-0.1, -0.05) is 76.9 Å². The highest BCUT2D eigenvalue weighted by Gasteiger charge is 2.51. The molecule has 2 aliphatic rings. The number of rotatable bonds is 22. The van der Waals surface area contributed by atoms with Crippen molar-refractivity contribution in [2.24, 2.45) is 0 Å². The fourth-order valence-corrected chi connectivity index (χ4v) is 6.95. The molecule has 2 rings (SSSR count). The van der Waals surface area contributed by atoms with E-state index in [2.05, 4.69) is 29.7 Å². The van der Waals surface area contributed by atoms with Gasteiger partial charge >= 0.3 is 12.1 Å². The van der Waals surface area contributed by atoms with Crippen molar-refractivity contribution in [2.75, 3.05) is 12.5 Å². The van der Waals surface area contributed by atoms with Gasteiger partial charge in [-0.15, -0.1) is 0 Å². The summed E-state index contributed by atoms with van der Waals surface area (Å²) in [7, 11) is 0. The first-order valence-corrected chi connectivity index (χ1v) is 16.8. The molecule has 0 aromatic rings. The number of allylic oxidation sites excluding steroid dienone is 2.